The van der Waals surface area contributed by atoms with Gasteiger partial charge >= 0.3 is 0 Å². The SMILES string of the molecule is CCOc1cc(/C=N\NC(=O)COc2ccc(C3SCCS3)cc2)cc(I)c1OCc1ccc(Br)cc1. The molecule has 1 saturated heterocycles. The number of nitrogens with zero attached hydrogens (tertiary/aromatic N) is 1. The van der Waals surface area contributed by atoms with Crippen LogP contribution < -0.4 is 19.6 Å². The van der Waals surface area contributed by atoms with Gasteiger partial charge in [-0.05, 0) is 82.6 Å². The molecule has 1 amide bonds. The predicted octanol–water partition coefficient (Wildman–Crippen LogP) is 7.04. The lowest BCUT2D eigenvalue weighted by atomic mass is 10.2. The van der Waals surface area contributed by atoms with E-state index in [1.165, 1.54) is 17.1 Å². The summed E-state index contributed by atoms with van der Waals surface area (Å²) in [6, 6.07) is 19.7. The molecule has 0 spiro atoms. The van der Waals surface area contributed by atoms with Gasteiger partial charge in [0, 0.05) is 16.0 Å². The van der Waals surface area contributed by atoms with Crippen LogP contribution in [-0.4, -0.2) is 36.8 Å². The maximum Gasteiger partial charge on any atom is 0.277 e. The molecule has 0 aromatic heterocycles. The number of amides is 1. The number of thioether (sulfide) groups is 2. The van der Waals surface area contributed by atoms with Crippen molar-refractivity contribution in [1.82, 2.24) is 5.43 Å². The molecule has 3 aromatic carbocycles. The summed E-state index contributed by atoms with van der Waals surface area (Å²) in [5.74, 6) is 3.99. The molecule has 6 nitrogen and oxygen atoms in total. The van der Waals surface area contributed by atoms with Gasteiger partial charge in [-0.2, -0.15) is 5.10 Å². The van der Waals surface area contributed by atoms with Gasteiger partial charge < -0.3 is 14.2 Å². The highest BCUT2D eigenvalue weighted by atomic mass is 127. The Kier molecular flexibility index (Phi) is 10.9. The lowest BCUT2D eigenvalue weighted by Gasteiger charge is -2.15. The number of hydrogen-bond donors (Lipinski definition) is 1. The fourth-order valence-corrected chi connectivity index (χ4v) is 7.34. The summed E-state index contributed by atoms with van der Waals surface area (Å²) in [6.45, 7) is 2.73. The van der Waals surface area contributed by atoms with Gasteiger partial charge in [0.15, 0.2) is 18.1 Å². The summed E-state index contributed by atoms with van der Waals surface area (Å²) in [4.78, 5) is 12.2. The molecular formula is C27H26BrIN2O4S2. The first kappa shape index (κ1) is 28.1. The van der Waals surface area contributed by atoms with E-state index in [4.69, 9.17) is 14.2 Å². The highest BCUT2D eigenvalue weighted by Gasteiger charge is 2.18. The largest absolute Gasteiger partial charge is 0.490 e. The Bertz CT molecular complexity index is 1220. The Morgan fingerprint density at radius 2 is 1.81 bits per heavy atom. The van der Waals surface area contributed by atoms with Gasteiger partial charge in [0.05, 0.1) is 21.0 Å². The third-order valence-electron chi connectivity index (χ3n) is 5.17. The second kappa shape index (κ2) is 14.3. The van der Waals surface area contributed by atoms with Crippen molar-refractivity contribution in [2.24, 2.45) is 5.10 Å². The molecule has 1 heterocycles. The topological polar surface area (TPSA) is 69.2 Å². The predicted molar refractivity (Wildman–Crippen MR) is 164 cm³/mol. The van der Waals surface area contributed by atoms with E-state index < -0.39 is 0 Å². The van der Waals surface area contributed by atoms with Crippen molar-refractivity contribution in [3.05, 3.63) is 85.4 Å². The molecule has 4 rings (SSSR count). The van der Waals surface area contributed by atoms with Crippen LogP contribution in [-0.2, 0) is 11.4 Å². The molecule has 0 aliphatic carbocycles. The minimum atomic E-state index is -0.337. The first-order valence-electron chi connectivity index (χ1n) is 11.6. The number of halogens is 2. The monoisotopic (exact) mass is 712 g/mol. The number of nitrogens with one attached hydrogen (secondary N) is 1. The van der Waals surface area contributed by atoms with Gasteiger partial charge in [-0.1, -0.05) is 40.2 Å². The second-order valence-corrected chi connectivity index (χ2v) is 12.7. The lowest BCUT2D eigenvalue weighted by molar-refractivity contribution is -0.123. The summed E-state index contributed by atoms with van der Waals surface area (Å²) in [6.07, 6.45) is 1.58. The molecule has 194 valence electrons. The third kappa shape index (κ3) is 8.56. The molecule has 1 fully saturated rings. The molecule has 1 aliphatic heterocycles. The zero-order valence-electron chi connectivity index (χ0n) is 20.1. The molecule has 1 N–H and O–H groups in total. The summed E-state index contributed by atoms with van der Waals surface area (Å²) in [5, 5.41) is 4.08. The van der Waals surface area contributed by atoms with Gasteiger partial charge in [0.2, 0.25) is 0 Å². The van der Waals surface area contributed by atoms with Crippen LogP contribution in [0.3, 0.4) is 0 Å². The van der Waals surface area contributed by atoms with Crippen molar-refractivity contribution in [2.45, 2.75) is 18.1 Å². The molecule has 0 saturated carbocycles. The van der Waals surface area contributed by atoms with Crippen molar-refractivity contribution in [1.29, 1.82) is 0 Å². The quantitative estimate of drug-likeness (QED) is 0.131. The average molecular weight is 713 g/mol. The number of carbonyl (C=O) groups excluding carboxylic acids is 1. The van der Waals surface area contributed by atoms with Crippen molar-refractivity contribution >= 4 is 74.2 Å². The first-order chi connectivity index (χ1) is 18.0. The van der Waals surface area contributed by atoms with E-state index >= 15 is 0 Å². The number of ether oxygens (including phenoxy) is 3. The molecular weight excluding hydrogens is 687 g/mol. The molecule has 0 unspecified atom stereocenters. The van der Waals surface area contributed by atoms with Crippen molar-refractivity contribution in [3.8, 4) is 17.2 Å². The van der Waals surface area contributed by atoms with Crippen LogP contribution in [0.4, 0.5) is 0 Å². The van der Waals surface area contributed by atoms with Gasteiger partial charge in [0.1, 0.15) is 12.4 Å². The number of hydrogen-bond acceptors (Lipinski definition) is 7. The van der Waals surface area contributed by atoms with Gasteiger partial charge in [-0.25, -0.2) is 5.43 Å². The van der Waals surface area contributed by atoms with Crippen LogP contribution in [0.2, 0.25) is 0 Å². The Hall–Kier alpha value is -1.89. The highest BCUT2D eigenvalue weighted by Crippen LogP contribution is 2.45. The van der Waals surface area contributed by atoms with Gasteiger partial charge in [-0.3, -0.25) is 4.79 Å². The van der Waals surface area contributed by atoms with E-state index in [0.29, 0.717) is 35.0 Å². The van der Waals surface area contributed by atoms with Crippen molar-refractivity contribution < 1.29 is 19.0 Å². The molecule has 10 heteroatoms. The standard InChI is InChI=1S/C27H26BrIN2O4S2/c1-2-33-24-14-19(13-23(29)26(24)35-16-18-3-7-21(28)8-4-18)15-30-31-25(32)17-34-22-9-5-20(6-10-22)27-36-11-12-37-27/h3-10,13-15,27H,2,11-12,16-17H2,1H3,(H,31,32)/b30-15-. The third-order valence-corrected chi connectivity index (χ3v) is 9.61. The summed E-state index contributed by atoms with van der Waals surface area (Å²) in [5.41, 5.74) is 5.63. The average Bonchev–Trinajstić information content (AvgIpc) is 3.44. The van der Waals surface area contributed by atoms with Gasteiger partial charge in [-0.15, -0.1) is 23.5 Å². The summed E-state index contributed by atoms with van der Waals surface area (Å²) >= 11 is 9.58. The number of carbonyl (C=O) groups is 1. The normalized spacial score (nSPS) is 13.6. The molecule has 1 aliphatic rings. The highest BCUT2D eigenvalue weighted by molar-refractivity contribution is 14.1. The smallest absolute Gasteiger partial charge is 0.277 e. The Balaban J connectivity index is 1.30. The van der Waals surface area contributed by atoms with Crippen LogP contribution in [0, 0.1) is 3.57 Å². The van der Waals surface area contributed by atoms with Gasteiger partial charge in [0.25, 0.3) is 5.91 Å². The van der Waals surface area contributed by atoms with Crippen LogP contribution in [0.15, 0.2) is 70.2 Å². The minimum Gasteiger partial charge on any atom is -0.490 e. The van der Waals surface area contributed by atoms with Crippen LogP contribution >= 0.6 is 62.0 Å². The molecule has 0 radical (unpaired) electrons. The van der Waals surface area contributed by atoms with E-state index in [-0.39, 0.29) is 12.5 Å². The number of benzene rings is 3. The maximum absolute atomic E-state index is 12.2. The molecule has 0 bridgehead atoms. The summed E-state index contributed by atoms with van der Waals surface area (Å²) < 4.78 is 19.9. The van der Waals surface area contributed by atoms with E-state index in [1.54, 1.807) is 6.21 Å². The molecule has 3 aromatic rings. The van der Waals surface area contributed by atoms with E-state index in [2.05, 4.69) is 61.2 Å². The fourth-order valence-electron chi connectivity index (χ4n) is 3.43. The first-order valence-corrected chi connectivity index (χ1v) is 15.6. The number of hydrazone groups is 1. The van der Waals surface area contributed by atoms with Crippen LogP contribution in [0.1, 0.15) is 28.2 Å². The van der Waals surface area contributed by atoms with E-state index in [1.807, 2.05) is 79.0 Å². The maximum atomic E-state index is 12.2. The zero-order chi connectivity index (χ0) is 26.0. The lowest BCUT2D eigenvalue weighted by Crippen LogP contribution is -2.24. The zero-order valence-corrected chi connectivity index (χ0v) is 25.5. The number of rotatable bonds is 11. The molecule has 0 atom stereocenters. The Morgan fingerprint density at radius 1 is 1.08 bits per heavy atom. The molecule has 37 heavy (non-hydrogen) atoms. The fraction of sp³-hybridized carbons (Fsp3) is 0.259. The Morgan fingerprint density at radius 3 is 2.51 bits per heavy atom. The Labute approximate surface area is 247 Å². The summed E-state index contributed by atoms with van der Waals surface area (Å²) in [7, 11) is 0. The minimum absolute atomic E-state index is 0.117. The van der Waals surface area contributed by atoms with Crippen molar-refractivity contribution in [2.75, 3.05) is 24.7 Å². The van der Waals surface area contributed by atoms with Crippen LogP contribution in [0.5, 0.6) is 17.2 Å². The second-order valence-electron chi connectivity index (χ2n) is 7.90. The van der Waals surface area contributed by atoms with E-state index in [9.17, 15) is 4.79 Å². The van der Waals surface area contributed by atoms with Crippen molar-refractivity contribution in [3.63, 3.8) is 0 Å². The van der Waals surface area contributed by atoms with Crippen LogP contribution in [0.25, 0.3) is 0 Å². The van der Waals surface area contributed by atoms with E-state index in [0.717, 1.165) is 19.2 Å².